The van der Waals surface area contributed by atoms with Crippen molar-refractivity contribution in [3.63, 3.8) is 0 Å². The number of halogens is 1. The van der Waals surface area contributed by atoms with Crippen LogP contribution in [0.25, 0.3) is 0 Å². The fourth-order valence-corrected chi connectivity index (χ4v) is 3.28. The third kappa shape index (κ3) is 2.60. The zero-order chi connectivity index (χ0) is 13.9. The zero-order valence-electron chi connectivity index (χ0n) is 11.6. The summed E-state index contributed by atoms with van der Waals surface area (Å²) >= 11 is 5.93. The summed E-state index contributed by atoms with van der Waals surface area (Å²) in [5.41, 5.74) is 2.57. The molecule has 1 aliphatic carbocycles. The summed E-state index contributed by atoms with van der Waals surface area (Å²) in [6.45, 7) is 3.00. The number of rotatable bonds is 4. The lowest BCUT2D eigenvalue weighted by atomic mass is 9.81. The van der Waals surface area contributed by atoms with Crippen LogP contribution in [0.1, 0.15) is 48.7 Å². The molecule has 3 rings (SSSR count). The number of fused-ring (bicyclic) bond motifs is 1. The van der Waals surface area contributed by atoms with Crippen LogP contribution in [0.5, 0.6) is 0 Å². The van der Waals surface area contributed by atoms with Gasteiger partial charge in [0.15, 0.2) is 5.22 Å². The number of likely N-dealkylation sites (N-methyl/N-ethyl adjacent to an activating group) is 1. The van der Waals surface area contributed by atoms with Crippen LogP contribution in [0.3, 0.4) is 0 Å². The van der Waals surface area contributed by atoms with Crippen molar-refractivity contribution < 1.29 is 4.42 Å². The van der Waals surface area contributed by atoms with Gasteiger partial charge in [-0.05, 0) is 61.2 Å². The summed E-state index contributed by atoms with van der Waals surface area (Å²) in [4.78, 5) is 4.62. The third-order valence-corrected chi connectivity index (χ3v) is 4.17. The summed E-state index contributed by atoms with van der Waals surface area (Å²) in [5.74, 6) is 1.25. The molecule has 3 nitrogen and oxygen atoms in total. The molecule has 0 saturated carbocycles. The SMILES string of the molecule is CCNC(c1ccc(Cl)o1)C1CCCc2cccnc21. The van der Waals surface area contributed by atoms with E-state index in [1.54, 1.807) is 0 Å². The largest absolute Gasteiger partial charge is 0.448 e. The highest BCUT2D eigenvalue weighted by molar-refractivity contribution is 6.28. The van der Waals surface area contributed by atoms with Gasteiger partial charge in [-0.2, -0.15) is 0 Å². The quantitative estimate of drug-likeness (QED) is 0.921. The molecule has 0 aliphatic heterocycles. The van der Waals surface area contributed by atoms with Crippen molar-refractivity contribution in [3.8, 4) is 0 Å². The molecular formula is C16H19ClN2O. The predicted octanol–water partition coefficient (Wildman–Crippen LogP) is 4.10. The molecule has 0 aromatic carbocycles. The Morgan fingerprint density at radius 1 is 1.45 bits per heavy atom. The average molecular weight is 291 g/mol. The molecule has 2 aromatic rings. The number of nitrogens with one attached hydrogen (secondary N) is 1. The Labute approximate surface area is 124 Å². The first kappa shape index (κ1) is 13.7. The van der Waals surface area contributed by atoms with Crippen molar-refractivity contribution in [2.45, 2.75) is 38.1 Å². The van der Waals surface area contributed by atoms with Crippen LogP contribution in [0, 0.1) is 0 Å². The van der Waals surface area contributed by atoms with E-state index < -0.39 is 0 Å². The van der Waals surface area contributed by atoms with Crippen molar-refractivity contribution in [1.82, 2.24) is 10.3 Å². The van der Waals surface area contributed by atoms with Crippen LogP contribution in [-0.4, -0.2) is 11.5 Å². The van der Waals surface area contributed by atoms with E-state index >= 15 is 0 Å². The van der Waals surface area contributed by atoms with Crippen LogP contribution in [-0.2, 0) is 6.42 Å². The standard InChI is InChI=1S/C16H19ClN2O/c1-2-18-16(13-8-9-14(17)20-13)12-7-3-5-11-6-4-10-19-15(11)12/h4,6,8-10,12,16,18H,2-3,5,7H2,1H3. The molecule has 4 heteroatoms. The number of nitrogens with zero attached hydrogens (tertiary/aromatic N) is 1. The van der Waals surface area contributed by atoms with E-state index in [1.807, 2.05) is 24.4 Å². The highest BCUT2D eigenvalue weighted by Gasteiger charge is 2.31. The molecule has 2 unspecified atom stereocenters. The van der Waals surface area contributed by atoms with Crippen LogP contribution in [0.4, 0.5) is 0 Å². The van der Waals surface area contributed by atoms with Crippen LogP contribution in [0.15, 0.2) is 34.9 Å². The molecule has 0 saturated heterocycles. The van der Waals surface area contributed by atoms with E-state index in [9.17, 15) is 0 Å². The molecule has 0 bridgehead atoms. The summed E-state index contributed by atoms with van der Waals surface area (Å²) in [6, 6.07) is 8.12. The Morgan fingerprint density at radius 2 is 2.35 bits per heavy atom. The minimum absolute atomic E-state index is 0.140. The van der Waals surface area contributed by atoms with Gasteiger partial charge in [0.1, 0.15) is 5.76 Å². The van der Waals surface area contributed by atoms with Gasteiger partial charge in [0.05, 0.1) is 6.04 Å². The molecule has 2 atom stereocenters. The summed E-state index contributed by atoms with van der Waals surface area (Å²) in [6.07, 6.45) is 5.33. The maximum absolute atomic E-state index is 5.93. The molecule has 0 radical (unpaired) electrons. The van der Waals surface area contributed by atoms with Gasteiger partial charge in [-0.25, -0.2) is 0 Å². The van der Waals surface area contributed by atoms with E-state index in [2.05, 4.69) is 23.3 Å². The molecular weight excluding hydrogens is 272 g/mol. The smallest absolute Gasteiger partial charge is 0.193 e. The monoisotopic (exact) mass is 290 g/mol. The molecule has 2 heterocycles. The first-order chi connectivity index (χ1) is 9.79. The molecule has 1 N–H and O–H groups in total. The predicted molar refractivity (Wildman–Crippen MR) is 80.1 cm³/mol. The van der Waals surface area contributed by atoms with Gasteiger partial charge in [-0.1, -0.05) is 13.0 Å². The maximum atomic E-state index is 5.93. The van der Waals surface area contributed by atoms with E-state index in [1.165, 1.54) is 17.7 Å². The zero-order valence-corrected chi connectivity index (χ0v) is 12.4. The Bertz CT molecular complexity index is 581. The third-order valence-electron chi connectivity index (χ3n) is 3.97. The van der Waals surface area contributed by atoms with Crippen molar-refractivity contribution in [1.29, 1.82) is 0 Å². The lowest BCUT2D eigenvalue weighted by molar-refractivity contribution is 0.341. The van der Waals surface area contributed by atoms with Gasteiger partial charge >= 0.3 is 0 Å². The summed E-state index contributed by atoms with van der Waals surface area (Å²) < 4.78 is 5.64. The summed E-state index contributed by atoms with van der Waals surface area (Å²) in [5, 5.41) is 3.97. The van der Waals surface area contributed by atoms with Gasteiger partial charge < -0.3 is 9.73 Å². The number of pyridine rings is 1. The molecule has 0 fully saturated rings. The number of aromatic nitrogens is 1. The summed E-state index contributed by atoms with van der Waals surface area (Å²) in [7, 11) is 0. The second kappa shape index (κ2) is 5.98. The molecule has 0 amide bonds. The highest BCUT2D eigenvalue weighted by atomic mass is 35.5. The van der Waals surface area contributed by atoms with Gasteiger partial charge in [0.2, 0.25) is 0 Å². The van der Waals surface area contributed by atoms with Crippen LogP contribution >= 0.6 is 11.6 Å². The van der Waals surface area contributed by atoms with Gasteiger partial charge in [0.25, 0.3) is 0 Å². The lowest BCUT2D eigenvalue weighted by Crippen LogP contribution is -2.29. The highest BCUT2D eigenvalue weighted by Crippen LogP contribution is 2.39. The van der Waals surface area contributed by atoms with Crippen molar-refractivity contribution in [3.05, 3.63) is 52.7 Å². The average Bonchev–Trinajstić information content (AvgIpc) is 2.91. The van der Waals surface area contributed by atoms with Gasteiger partial charge in [-0.15, -0.1) is 0 Å². The Balaban J connectivity index is 1.96. The van der Waals surface area contributed by atoms with Crippen molar-refractivity contribution in [2.75, 3.05) is 6.54 Å². The van der Waals surface area contributed by atoms with E-state index in [4.69, 9.17) is 16.0 Å². The minimum atomic E-state index is 0.140. The number of hydrogen-bond donors (Lipinski definition) is 1. The minimum Gasteiger partial charge on any atom is -0.448 e. The van der Waals surface area contributed by atoms with Crippen LogP contribution in [0.2, 0.25) is 5.22 Å². The molecule has 1 aliphatic rings. The van der Waals surface area contributed by atoms with Crippen molar-refractivity contribution in [2.24, 2.45) is 0 Å². The number of furan rings is 1. The number of aryl methyl sites for hydroxylation is 1. The Kier molecular flexibility index (Phi) is 4.08. The van der Waals surface area contributed by atoms with Crippen molar-refractivity contribution >= 4 is 11.6 Å². The fourth-order valence-electron chi connectivity index (χ4n) is 3.13. The van der Waals surface area contributed by atoms with E-state index in [0.29, 0.717) is 11.1 Å². The molecule has 106 valence electrons. The fraction of sp³-hybridized carbons (Fsp3) is 0.438. The Morgan fingerprint density at radius 3 is 3.10 bits per heavy atom. The van der Waals surface area contributed by atoms with E-state index in [-0.39, 0.29) is 6.04 Å². The topological polar surface area (TPSA) is 38.1 Å². The van der Waals surface area contributed by atoms with E-state index in [0.717, 1.165) is 25.1 Å². The number of hydrogen-bond acceptors (Lipinski definition) is 3. The lowest BCUT2D eigenvalue weighted by Gasteiger charge is -2.30. The second-order valence-corrected chi connectivity index (χ2v) is 5.60. The maximum Gasteiger partial charge on any atom is 0.193 e. The first-order valence-corrected chi connectivity index (χ1v) is 7.59. The Hall–Kier alpha value is -1.32. The molecule has 2 aromatic heterocycles. The molecule has 0 spiro atoms. The second-order valence-electron chi connectivity index (χ2n) is 5.22. The van der Waals surface area contributed by atoms with Gasteiger partial charge in [0, 0.05) is 17.8 Å². The van der Waals surface area contributed by atoms with Gasteiger partial charge in [-0.3, -0.25) is 4.98 Å². The normalized spacial score (nSPS) is 19.6. The molecule has 20 heavy (non-hydrogen) atoms. The van der Waals surface area contributed by atoms with Crippen LogP contribution < -0.4 is 5.32 Å². The first-order valence-electron chi connectivity index (χ1n) is 7.22.